The van der Waals surface area contributed by atoms with Crippen LogP contribution in [0.1, 0.15) is 52.9 Å². The Labute approximate surface area is 88.2 Å². The van der Waals surface area contributed by atoms with E-state index in [0.29, 0.717) is 18.6 Å². The molecule has 0 bridgehead atoms. The molecule has 0 heterocycles. The Hall–Kier alpha value is -0.0800. The van der Waals surface area contributed by atoms with E-state index in [1.807, 2.05) is 0 Å². The number of nitrogens with two attached hydrogens (primary N) is 1. The minimum atomic E-state index is -0.101. The molecule has 2 N–H and O–H groups in total. The summed E-state index contributed by atoms with van der Waals surface area (Å²) >= 11 is 0. The van der Waals surface area contributed by atoms with Crippen molar-refractivity contribution < 1.29 is 4.74 Å². The molecule has 0 aromatic rings. The lowest BCUT2D eigenvalue weighted by Crippen LogP contribution is -2.42. The van der Waals surface area contributed by atoms with E-state index in [0.717, 1.165) is 6.42 Å². The molecule has 0 aliphatic heterocycles. The van der Waals surface area contributed by atoms with Crippen LogP contribution in [0.25, 0.3) is 0 Å². The topological polar surface area (TPSA) is 35.2 Å². The highest BCUT2D eigenvalue weighted by atomic mass is 16.5. The Morgan fingerprint density at radius 1 is 1.36 bits per heavy atom. The van der Waals surface area contributed by atoms with Crippen LogP contribution in [0.15, 0.2) is 0 Å². The molecular formula is C12H25NO. The molecule has 14 heavy (non-hydrogen) atoms. The molecule has 0 radical (unpaired) electrons. The average Bonchev–Trinajstić information content (AvgIpc) is 2.21. The normalized spacial score (nSPS) is 32.6. The van der Waals surface area contributed by atoms with E-state index in [-0.39, 0.29) is 5.60 Å². The van der Waals surface area contributed by atoms with Crippen LogP contribution in [-0.2, 0) is 4.74 Å². The molecule has 1 rings (SSSR count). The number of hydrogen-bond acceptors (Lipinski definition) is 2. The maximum Gasteiger partial charge on any atom is 0.0777 e. The van der Waals surface area contributed by atoms with Gasteiger partial charge in [-0.2, -0.15) is 0 Å². The molecule has 0 aromatic carbocycles. The predicted molar refractivity (Wildman–Crippen MR) is 60.3 cm³/mol. The molecule has 2 nitrogen and oxygen atoms in total. The maximum absolute atomic E-state index is 6.16. The summed E-state index contributed by atoms with van der Waals surface area (Å²) in [6.07, 6.45) is 6.67. The Morgan fingerprint density at radius 3 is 2.50 bits per heavy atom. The van der Waals surface area contributed by atoms with Crippen LogP contribution in [0.2, 0.25) is 0 Å². The van der Waals surface area contributed by atoms with Gasteiger partial charge in [-0.1, -0.05) is 26.7 Å². The fraction of sp³-hybridized carbons (Fsp3) is 1.00. The van der Waals surface area contributed by atoms with Gasteiger partial charge in [0, 0.05) is 6.54 Å². The van der Waals surface area contributed by atoms with Crippen molar-refractivity contribution in [3.63, 3.8) is 0 Å². The largest absolute Gasteiger partial charge is 0.370 e. The first-order valence-corrected chi connectivity index (χ1v) is 5.99. The first-order valence-electron chi connectivity index (χ1n) is 5.99. The van der Waals surface area contributed by atoms with Crippen molar-refractivity contribution in [2.45, 2.75) is 64.6 Å². The van der Waals surface area contributed by atoms with Crippen molar-refractivity contribution in [2.24, 2.45) is 11.7 Å². The highest BCUT2D eigenvalue weighted by Crippen LogP contribution is 2.30. The van der Waals surface area contributed by atoms with Crippen LogP contribution >= 0.6 is 0 Å². The summed E-state index contributed by atoms with van der Waals surface area (Å²) in [7, 11) is 0. The summed E-state index contributed by atoms with van der Waals surface area (Å²) in [5.41, 5.74) is 5.65. The van der Waals surface area contributed by atoms with Gasteiger partial charge in [0.15, 0.2) is 0 Å². The van der Waals surface area contributed by atoms with E-state index in [4.69, 9.17) is 10.5 Å². The molecule has 1 aliphatic carbocycles. The van der Waals surface area contributed by atoms with Crippen LogP contribution < -0.4 is 5.73 Å². The van der Waals surface area contributed by atoms with Gasteiger partial charge >= 0.3 is 0 Å². The van der Waals surface area contributed by atoms with E-state index >= 15 is 0 Å². The molecular weight excluding hydrogens is 174 g/mol. The molecule has 0 amide bonds. The van der Waals surface area contributed by atoms with Crippen molar-refractivity contribution in [3.05, 3.63) is 0 Å². The van der Waals surface area contributed by atoms with Crippen molar-refractivity contribution in [2.75, 3.05) is 6.54 Å². The van der Waals surface area contributed by atoms with Gasteiger partial charge in [-0.3, -0.25) is 0 Å². The minimum absolute atomic E-state index is 0.101. The monoisotopic (exact) mass is 199 g/mol. The second-order valence-electron chi connectivity index (χ2n) is 4.93. The number of rotatable bonds is 4. The van der Waals surface area contributed by atoms with E-state index in [1.54, 1.807) is 0 Å². The quantitative estimate of drug-likeness (QED) is 0.755. The summed E-state index contributed by atoms with van der Waals surface area (Å²) in [4.78, 5) is 0. The van der Waals surface area contributed by atoms with Crippen LogP contribution in [0.3, 0.4) is 0 Å². The second-order valence-corrected chi connectivity index (χ2v) is 4.93. The third-order valence-corrected chi connectivity index (χ3v) is 3.65. The first kappa shape index (κ1) is 12.0. The third kappa shape index (κ3) is 2.96. The van der Waals surface area contributed by atoms with Gasteiger partial charge in [0.2, 0.25) is 0 Å². The molecule has 0 aromatic heterocycles. The molecule has 3 unspecified atom stereocenters. The van der Waals surface area contributed by atoms with Crippen LogP contribution in [0, 0.1) is 5.92 Å². The Morgan fingerprint density at radius 2 is 2.00 bits per heavy atom. The third-order valence-electron chi connectivity index (χ3n) is 3.65. The van der Waals surface area contributed by atoms with Gasteiger partial charge < -0.3 is 10.5 Å². The molecule has 1 fully saturated rings. The van der Waals surface area contributed by atoms with E-state index in [1.165, 1.54) is 25.7 Å². The standard InChI is InChI=1S/C12H25NO/c1-4-12(3,9-13)14-11-8-6-5-7-10(11)2/h10-11H,4-9,13H2,1-3H3. The van der Waals surface area contributed by atoms with Gasteiger partial charge in [-0.25, -0.2) is 0 Å². The highest BCUT2D eigenvalue weighted by Gasteiger charge is 2.30. The lowest BCUT2D eigenvalue weighted by molar-refractivity contribution is -0.111. The smallest absolute Gasteiger partial charge is 0.0777 e. The zero-order valence-electron chi connectivity index (χ0n) is 9.88. The van der Waals surface area contributed by atoms with Gasteiger partial charge in [0.05, 0.1) is 11.7 Å². The number of ether oxygens (including phenoxy) is 1. The van der Waals surface area contributed by atoms with E-state index < -0.39 is 0 Å². The average molecular weight is 199 g/mol. The van der Waals surface area contributed by atoms with Gasteiger partial charge in [0.1, 0.15) is 0 Å². The fourth-order valence-electron chi connectivity index (χ4n) is 2.10. The minimum Gasteiger partial charge on any atom is -0.370 e. The van der Waals surface area contributed by atoms with Crippen molar-refractivity contribution in [1.82, 2.24) is 0 Å². The van der Waals surface area contributed by atoms with Gasteiger partial charge in [-0.15, -0.1) is 0 Å². The Kier molecular flexibility index (Phi) is 4.39. The molecule has 84 valence electrons. The zero-order valence-corrected chi connectivity index (χ0v) is 9.88. The van der Waals surface area contributed by atoms with Crippen molar-refractivity contribution in [3.8, 4) is 0 Å². The van der Waals surface area contributed by atoms with E-state index in [9.17, 15) is 0 Å². The summed E-state index contributed by atoms with van der Waals surface area (Å²) in [6.45, 7) is 7.22. The highest BCUT2D eigenvalue weighted by molar-refractivity contribution is 4.80. The summed E-state index contributed by atoms with van der Waals surface area (Å²) in [5.74, 6) is 0.709. The van der Waals surface area contributed by atoms with Crippen LogP contribution in [-0.4, -0.2) is 18.2 Å². The first-order chi connectivity index (χ1) is 6.61. The fourth-order valence-corrected chi connectivity index (χ4v) is 2.10. The Bertz CT molecular complexity index is 166. The molecule has 1 aliphatic rings. The van der Waals surface area contributed by atoms with Gasteiger partial charge in [0.25, 0.3) is 0 Å². The summed E-state index contributed by atoms with van der Waals surface area (Å²) < 4.78 is 6.16. The predicted octanol–water partition coefficient (Wildman–Crippen LogP) is 2.71. The maximum atomic E-state index is 6.16. The second kappa shape index (κ2) is 5.13. The Balaban J connectivity index is 2.48. The SMILES string of the molecule is CCC(C)(CN)OC1CCCCC1C. The van der Waals surface area contributed by atoms with Crippen molar-refractivity contribution >= 4 is 0 Å². The van der Waals surface area contributed by atoms with Crippen LogP contribution in [0.4, 0.5) is 0 Å². The van der Waals surface area contributed by atoms with Crippen molar-refractivity contribution in [1.29, 1.82) is 0 Å². The van der Waals surface area contributed by atoms with Crippen LogP contribution in [0.5, 0.6) is 0 Å². The molecule has 1 saturated carbocycles. The number of hydrogen-bond donors (Lipinski definition) is 1. The van der Waals surface area contributed by atoms with E-state index in [2.05, 4.69) is 20.8 Å². The summed E-state index contributed by atoms with van der Waals surface area (Å²) in [5, 5.41) is 0. The zero-order chi connectivity index (χ0) is 10.6. The lowest BCUT2D eigenvalue weighted by atomic mass is 9.87. The lowest BCUT2D eigenvalue weighted by Gasteiger charge is -2.37. The summed E-state index contributed by atoms with van der Waals surface area (Å²) in [6, 6.07) is 0. The molecule has 3 atom stereocenters. The molecule has 0 spiro atoms. The molecule has 2 heteroatoms. The van der Waals surface area contributed by atoms with Gasteiger partial charge in [-0.05, 0) is 32.1 Å². The molecule has 0 saturated heterocycles.